The smallest absolute Gasteiger partial charge is 0.245 e. The fourth-order valence-corrected chi connectivity index (χ4v) is 1.30. The molecule has 1 aliphatic rings. The molecule has 1 heterocycles. The molecule has 1 N–H and O–H groups in total. The lowest BCUT2D eigenvalue weighted by Crippen LogP contribution is -2.73. The average molecular weight is 236 g/mol. The Morgan fingerprint density at radius 1 is 1.20 bits per heavy atom. The summed E-state index contributed by atoms with van der Waals surface area (Å²) < 4.78 is 77.5. The standard InChI is InChI=1S/C7H10F6N2/c1-3(2)6(10)7(11,12)15(13)5(9)4(8)14-6/h3-5,14H,1-2H3. The summed E-state index contributed by atoms with van der Waals surface area (Å²) >= 11 is 0. The van der Waals surface area contributed by atoms with E-state index < -0.39 is 35.5 Å². The van der Waals surface area contributed by atoms with Gasteiger partial charge in [0.05, 0.1) is 0 Å². The van der Waals surface area contributed by atoms with Crippen molar-refractivity contribution in [3.05, 3.63) is 0 Å². The molecule has 0 aromatic heterocycles. The van der Waals surface area contributed by atoms with Crippen LogP contribution in [0.5, 0.6) is 0 Å². The van der Waals surface area contributed by atoms with Gasteiger partial charge in [-0.1, -0.05) is 13.8 Å². The van der Waals surface area contributed by atoms with E-state index in [0.29, 0.717) is 0 Å². The van der Waals surface area contributed by atoms with E-state index in [0.717, 1.165) is 19.2 Å². The monoisotopic (exact) mass is 236 g/mol. The van der Waals surface area contributed by atoms with Crippen LogP contribution in [-0.4, -0.2) is 29.6 Å². The van der Waals surface area contributed by atoms with E-state index in [1.165, 1.54) is 0 Å². The minimum absolute atomic E-state index is 1.00. The Kier molecular flexibility index (Phi) is 2.94. The average Bonchev–Trinajstić information content (AvgIpc) is 2.12. The number of alkyl halides is 5. The zero-order valence-corrected chi connectivity index (χ0v) is 7.95. The highest BCUT2D eigenvalue weighted by Gasteiger charge is 2.69. The summed E-state index contributed by atoms with van der Waals surface area (Å²) in [5.41, 5.74) is 0. The highest BCUT2D eigenvalue weighted by molar-refractivity contribution is 4.98. The molecule has 8 heteroatoms. The first-order chi connectivity index (χ1) is 6.64. The lowest BCUT2D eigenvalue weighted by molar-refractivity contribution is -0.381. The minimum atomic E-state index is -4.76. The van der Waals surface area contributed by atoms with Gasteiger partial charge in [0.2, 0.25) is 18.4 Å². The Labute approximate surface area is 82.2 Å². The van der Waals surface area contributed by atoms with E-state index in [4.69, 9.17) is 0 Å². The van der Waals surface area contributed by atoms with Gasteiger partial charge in [-0.2, -0.15) is 8.78 Å². The first kappa shape index (κ1) is 12.6. The van der Waals surface area contributed by atoms with Crippen LogP contribution >= 0.6 is 0 Å². The second kappa shape index (κ2) is 3.51. The van der Waals surface area contributed by atoms with Crippen LogP contribution in [0.1, 0.15) is 13.8 Å². The van der Waals surface area contributed by atoms with Gasteiger partial charge >= 0.3 is 6.05 Å². The number of piperazine rings is 1. The Hall–Kier alpha value is -0.500. The number of nitrogens with one attached hydrogen (secondary N) is 1. The summed E-state index contributed by atoms with van der Waals surface area (Å²) in [6.45, 7) is 2.00. The molecule has 1 fully saturated rings. The molecule has 0 bridgehead atoms. The van der Waals surface area contributed by atoms with Crippen molar-refractivity contribution in [2.24, 2.45) is 5.92 Å². The van der Waals surface area contributed by atoms with Crippen LogP contribution in [0.25, 0.3) is 0 Å². The number of hydrogen-bond donors (Lipinski definition) is 1. The summed E-state index contributed by atoms with van der Waals surface area (Å²) in [4.78, 5) is 0. The molecule has 0 aromatic rings. The number of rotatable bonds is 1. The molecule has 1 saturated heterocycles. The van der Waals surface area contributed by atoms with Crippen molar-refractivity contribution in [3.63, 3.8) is 0 Å². The van der Waals surface area contributed by atoms with Gasteiger partial charge in [-0.25, -0.2) is 18.5 Å². The van der Waals surface area contributed by atoms with Crippen LogP contribution in [0.3, 0.4) is 0 Å². The third kappa shape index (κ3) is 1.59. The molecule has 1 rings (SSSR count). The zero-order chi connectivity index (χ0) is 12.0. The Morgan fingerprint density at radius 2 is 1.67 bits per heavy atom. The van der Waals surface area contributed by atoms with Gasteiger partial charge in [0.25, 0.3) is 0 Å². The third-order valence-corrected chi connectivity index (χ3v) is 2.31. The zero-order valence-electron chi connectivity index (χ0n) is 7.95. The van der Waals surface area contributed by atoms with Gasteiger partial charge in [0.15, 0.2) is 0 Å². The molecule has 2 nitrogen and oxygen atoms in total. The fraction of sp³-hybridized carbons (Fsp3) is 1.00. The summed E-state index contributed by atoms with van der Waals surface area (Å²) in [6, 6.07) is -4.76. The largest absolute Gasteiger partial charge is 0.379 e. The van der Waals surface area contributed by atoms with Gasteiger partial charge in [-0.15, -0.1) is 4.48 Å². The molecule has 0 radical (unpaired) electrons. The van der Waals surface area contributed by atoms with Crippen LogP contribution in [-0.2, 0) is 0 Å². The molecule has 0 aromatic carbocycles. The predicted molar refractivity (Wildman–Crippen MR) is 39.5 cm³/mol. The van der Waals surface area contributed by atoms with Crippen LogP contribution in [0.2, 0.25) is 0 Å². The molecule has 1 aliphatic heterocycles. The van der Waals surface area contributed by atoms with Crippen molar-refractivity contribution >= 4 is 0 Å². The molecule has 90 valence electrons. The molecular weight excluding hydrogens is 226 g/mol. The predicted octanol–water partition coefficient (Wildman–Crippen LogP) is 2.28. The lowest BCUT2D eigenvalue weighted by Gasteiger charge is -2.45. The summed E-state index contributed by atoms with van der Waals surface area (Å²) in [7, 11) is 0. The van der Waals surface area contributed by atoms with Crippen molar-refractivity contribution < 1.29 is 26.4 Å². The van der Waals surface area contributed by atoms with Gasteiger partial charge in [0, 0.05) is 5.92 Å². The maximum absolute atomic E-state index is 13.6. The third-order valence-electron chi connectivity index (χ3n) is 2.31. The second-order valence-electron chi connectivity index (χ2n) is 3.64. The van der Waals surface area contributed by atoms with Gasteiger partial charge < -0.3 is 0 Å². The Morgan fingerprint density at radius 3 is 2.07 bits per heavy atom. The molecule has 3 unspecified atom stereocenters. The first-order valence-electron chi connectivity index (χ1n) is 4.22. The normalized spacial score (nSPS) is 42.2. The van der Waals surface area contributed by atoms with E-state index in [1.807, 2.05) is 0 Å². The SMILES string of the molecule is CC(C)C1(F)NC(F)C(F)N(F)C1(F)F. The first-order valence-corrected chi connectivity index (χ1v) is 4.22. The van der Waals surface area contributed by atoms with E-state index in [-0.39, 0.29) is 0 Å². The molecule has 0 spiro atoms. The second-order valence-corrected chi connectivity index (χ2v) is 3.64. The Balaban J connectivity index is 3.09. The number of nitrogens with zero attached hydrogens (tertiary/aromatic N) is 1. The topological polar surface area (TPSA) is 15.3 Å². The minimum Gasteiger partial charge on any atom is -0.245 e. The van der Waals surface area contributed by atoms with Crippen molar-refractivity contribution in [3.8, 4) is 0 Å². The van der Waals surface area contributed by atoms with Crippen molar-refractivity contribution in [2.75, 3.05) is 0 Å². The number of halogens is 6. The van der Waals surface area contributed by atoms with E-state index >= 15 is 0 Å². The van der Waals surface area contributed by atoms with Crippen LogP contribution in [0, 0.1) is 5.92 Å². The van der Waals surface area contributed by atoms with E-state index in [9.17, 15) is 26.4 Å². The maximum atomic E-state index is 13.6. The van der Waals surface area contributed by atoms with Crippen LogP contribution < -0.4 is 5.32 Å². The Bertz CT molecular complexity index is 248. The molecule has 0 amide bonds. The van der Waals surface area contributed by atoms with Crippen LogP contribution in [0.4, 0.5) is 26.4 Å². The van der Waals surface area contributed by atoms with Gasteiger partial charge in [-0.3, -0.25) is 0 Å². The lowest BCUT2D eigenvalue weighted by atomic mass is 9.96. The molecule has 0 aliphatic carbocycles. The van der Waals surface area contributed by atoms with Crippen LogP contribution in [0.15, 0.2) is 0 Å². The summed E-state index contributed by atoms with van der Waals surface area (Å²) in [5.74, 6) is -5.08. The molecule has 3 atom stereocenters. The van der Waals surface area contributed by atoms with Crippen molar-refractivity contribution in [1.82, 2.24) is 10.4 Å². The quantitative estimate of drug-likeness (QED) is 0.427. The summed E-state index contributed by atoms with van der Waals surface area (Å²) in [6.07, 6.45) is -6.08. The van der Waals surface area contributed by atoms with E-state index in [1.54, 1.807) is 0 Å². The van der Waals surface area contributed by atoms with Gasteiger partial charge in [-0.05, 0) is 5.12 Å². The maximum Gasteiger partial charge on any atom is 0.379 e. The fourth-order valence-electron chi connectivity index (χ4n) is 1.30. The number of hydrogen-bond acceptors (Lipinski definition) is 2. The highest BCUT2D eigenvalue weighted by Crippen LogP contribution is 2.44. The van der Waals surface area contributed by atoms with Gasteiger partial charge in [0.1, 0.15) is 0 Å². The molecule has 0 saturated carbocycles. The van der Waals surface area contributed by atoms with E-state index in [2.05, 4.69) is 0 Å². The molecular formula is C7H10F6N2. The summed E-state index contributed by atoms with van der Waals surface area (Å²) in [5, 5.41) is -0.605. The molecule has 15 heavy (non-hydrogen) atoms. The van der Waals surface area contributed by atoms with Crippen molar-refractivity contribution in [1.29, 1.82) is 0 Å². The van der Waals surface area contributed by atoms with Crippen molar-refractivity contribution in [2.45, 2.75) is 38.3 Å². The highest BCUT2D eigenvalue weighted by atomic mass is 19.3.